The predicted octanol–water partition coefficient (Wildman–Crippen LogP) is 1.73. The second-order valence-corrected chi connectivity index (χ2v) is 5.47. The van der Waals surface area contributed by atoms with Crippen LogP contribution in [0.25, 0.3) is 5.65 Å². The SMILES string of the molecule is CC(C)N1CCCC1c1nc2c(CN)cccn2n1. The topological polar surface area (TPSA) is 59.5 Å². The molecule has 102 valence electrons. The molecule has 2 aromatic heterocycles. The van der Waals surface area contributed by atoms with E-state index in [1.807, 2.05) is 22.8 Å². The molecule has 3 heterocycles. The van der Waals surface area contributed by atoms with Gasteiger partial charge in [0.25, 0.3) is 0 Å². The zero-order chi connectivity index (χ0) is 13.4. The molecule has 1 atom stereocenters. The second kappa shape index (κ2) is 4.90. The number of rotatable bonds is 3. The van der Waals surface area contributed by atoms with E-state index in [0.29, 0.717) is 18.6 Å². The molecule has 1 unspecified atom stereocenters. The Morgan fingerprint density at radius 3 is 3.05 bits per heavy atom. The van der Waals surface area contributed by atoms with E-state index >= 15 is 0 Å². The van der Waals surface area contributed by atoms with Crippen LogP contribution in [-0.4, -0.2) is 32.1 Å². The van der Waals surface area contributed by atoms with Gasteiger partial charge in [0.05, 0.1) is 6.04 Å². The van der Waals surface area contributed by atoms with Crippen molar-refractivity contribution in [1.82, 2.24) is 19.5 Å². The van der Waals surface area contributed by atoms with Crippen LogP contribution in [0.15, 0.2) is 18.3 Å². The average molecular weight is 259 g/mol. The Labute approximate surface area is 113 Å². The minimum atomic E-state index is 0.352. The summed E-state index contributed by atoms with van der Waals surface area (Å²) in [6, 6.07) is 4.88. The number of aromatic nitrogens is 3. The van der Waals surface area contributed by atoms with Gasteiger partial charge in [0, 0.05) is 24.3 Å². The highest BCUT2D eigenvalue weighted by Crippen LogP contribution is 2.31. The Bertz CT molecular complexity index is 574. The van der Waals surface area contributed by atoms with E-state index in [1.54, 1.807) is 0 Å². The van der Waals surface area contributed by atoms with Gasteiger partial charge in [0.15, 0.2) is 11.5 Å². The van der Waals surface area contributed by atoms with Gasteiger partial charge in [-0.25, -0.2) is 9.50 Å². The highest BCUT2D eigenvalue weighted by Gasteiger charge is 2.31. The molecule has 5 heteroatoms. The summed E-state index contributed by atoms with van der Waals surface area (Å²) < 4.78 is 1.86. The van der Waals surface area contributed by atoms with Gasteiger partial charge in [-0.3, -0.25) is 4.90 Å². The number of nitrogens with zero attached hydrogens (tertiary/aromatic N) is 4. The first-order valence-electron chi connectivity index (χ1n) is 7.00. The molecule has 1 fully saturated rings. The fourth-order valence-corrected chi connectivity index (χ4v) is 2.96. The number of fused-ring (bicyclic) bond motifs is 1. The van der Waals surface area contributed by atoms with Gasteiger partial charge in [-0.2, -0.15) is 0 Å². The fraction of sp³-hybridized carbons (Fsp3) is 0.571. The first-order chi connectivity index (χ1) is 9.20. The molecule has 0 bridgehead atoms. The van der Waals surface area contributed by atoms with Crippen molar-refractivity contribution in [3.05, 3.63) is 29.7 Å². The van der Waals surface area contributed by atoms with Crippen molar-refractivity contribution in [1.29, 1.82) is 0 Å². The lowest BCUT2D eigenvalue weighted by Crippen LogP contribution is -2.30. The van der Waals surface area contributed by atoms with Crippen molar-refractivity contribution in [3.8, 4) is 0 Å². The first-order valence-corrected chi connectivity index (χ1v) is 7.00. The van der Waals surface area contributed by atoms with Crippen LogP contribution in [0.5, 0.6) is 0 Å². The maximum Gasteiger partial charge on any atom is 0.168 e. The van der Waals surface area contributed by atoms with Crippen molar-refractivity contribution in [2.45, 2.75) is 45.3 Å². The lowest BCUT2D eigenvalue weighted by atomic mass is 10.2. The zero-order valence-electron chi connectivity index (χ0n) is 11.6. The summed E-state index contributed by atoms with van der Waals surface area (Å²) in [4.78, 5) is 7.21. The van der Waals surface area contributed by atoms with Gasteiger partial charge in [0.2, 0.25) is 0 Å². The van der Waals surface area contributed by atoms with Crippen molar-refractivity contribution in [2.75, 3.05) is 6.54 Å². The van der Waals surface area contributed by atoms with Gasteiger partial charge < -0.3 is 5.73 Å². The molecule has 3 rings (SSSR count). The van der Waals surface area contributed by atoms with Crippen LogP contribution >= 0.6 is 0 Å². The van der Waals surface area contributed by atoms with Crippen LogP contribution in [-0.2, 0) is 6.54 Å². The van der Waals surface area contributed by atoms with Crippen LogP contribution in [0.2, 0.25) is 0 Å². The van der Waals surface area contributed by atoms with Crippen LogP contribution in [0.4, 0.5) is 0 Å². The summed E-state index contributed by atoms with van der Waals surface area (Å²) in [6.07, 6.45) is 4.31. The minimum Gasteiger partial charge on any atom is -0.326 e. The minimum absolute atomic E-state index is 0.352. The molecule has 0 amide bonds. The average Bonchev–Trinajstić information content (AvgIpc) is 3.03. The lowest BCUT2D eigenvalue weighted by Gasteiger charge is -2.25. The Morgan fingerprint density at radius 2 is 2.32 bits per heavy atom. The van der Waals surface area contributed by atoms with E-state index in [1.165, 1.54) is 6.42 Å². The van der Waals surface area contributed by atoms with E-state index in [9.17, 15) is 0 Å². The van der Waals surface area contributed by atoms with Gasteiger partial charge in [-0.1, -0.05) is 6.07 Å². The Balaban J connectivity index is 2.01. The van der Waals surface area contributed by atoms with E-state index in [-0.39, 0.29) is 0 Å². The van der Waals surface area contributed by atoms with Gasteiger partial charge in [-0.05, 0) is 39.3 Å². The standard InChI is InChI=1S/C14H21N5/c1-10(2)18-7-4-6-12(18)13-16-14-11(9-15)5-3-8-19(14)17-13/h3,5,8,10,12H,4,6-7,9,15H2,1-2H3. The molecule has 2 N–H and O–H groups in total. The van der Waals surface area contributed by atoms with Gasteiger partial charge in [0.1, 0.15) is 0 Å². The van der Waals surface area contributed by atoms with Crippen LogP contribution in [0.1, 0.15) is 44.1 Å². The van der Waals surface area contributed by atoms with Gasteiger partial charge >= 0.3 is 0 Å². The number of hydrogen-bond acceptors (Lipinski definition) is 4. The zero-order valence-corrected chi connectivity index (χ0v) is 11.6. The summed E-state index contributed by atoms with van der Waals surface area (Å²) in [7, 11) is 0. The maximum absolute atomic E-state index is 5.76. The maximum atomic E-state index is 5.76. The molecule has 1 aliphatic heterocycles. The number of pyridine rings is 1. The molecule has 0 radical (unpaired) electrons. The second-order valence-electron chi connectivity index (χ2n) is 5.47. The molecule has 0 aromatic carbocycles. The number of hydrogen-bond donors (Lipinski definition) is 1. The summed E-state index contributed by atoms with van der Waals surface area (Å²) >= 11 is 0. The molecule has 0 aliphatic carbocycles. The van der Waals surface area contributed by atoms with Crippen molar-refractivity contribution in [2.24, 2.45) is 5.73 Å². The van der Waals surface area contributed by atoms with E-state index in [2.05, 4.69) is 23.8 Å². The summed E-state index contributed by atoms with van der Waals surface area (Å²) in [5.41, 5.74) is 7.71. The molecular formula is C14H21N5. The van der Waals surface area contributed by atoms with E-state index in [4.69, 9.17) is 10.7 Å². The third-order valence-corrected chi connectivity index (χ3v) is 3.93. The normalized spacial score (nSPS) is 20.7. The quantitative estimate of drug-likeness (QED) is 0.912. The highest BCUT2D eigenvalue weighted by molar-refractivity contribution is 5.47. The van der Waals surface area contributed by atoms with Crippen LogP contribution in [0, 0.1) is 0 Å². The molecule has 0 spiro atoms. The monoisotopic (exact) mass is 259 g/mol. The fourth-order valence-electron chi connectivity index (χ4n) is 2.96. The smallest absolute Gasteiger partial charge is 0.168 e. The van der Waals surface area contributed by atoms with E-state index in [0.717, 1.165) is 30.0 Å². The number of nitrogens with two attached hydrogens (primary N) is 1. The summed E-state index contributed by atoms with van der Waals surface area (Å²) in [5.74, 6) is 0.937. The summed E-state index contributed by atoms with van der Waals surface area (Å²) in [6.45, 7) is 6.11. The van der Waals surface area contributed by atoms with Crippen LogP contribution < -0.4 is 5.73 Å². The van der Waals surface area contributed by atoms with E-state index < -0.39 is 0 Å². The Morgan fingerprint density at radius 1 is 1.47 bits per heavy atom. The Kier molecular flexibility index (Phi) is 3.24. The molecule has 19 heavy (non-hydrogen) atoms. The molecule has 1 aliphatic rings. The largest absolute Gasteiger partial charge is 0.326 e. The van der Waals surface area contributed by atoms with Crippen molar-refractivity contribution >= 4 is 5.65 Å². The molecule has 5 nitrogen and oxygen atoms in total. The van der Waals surface area contributed by atoms with Crippen molar-refractivity contribution < 1.29 is 0 Å². The molecular weight excluding hydrogens is 238 g/mol. The third-order valence-electron chi connectivity index (χ3n) is 3.93. The first kappa shape index (κ1) is 12.6. The Hall–Kier alpha value is -1.46. The molecule has 2 aromatic rings. The van der Waals surface area contributed by atoms with Gasteiger partial charge in [-0.15, -0.1) is 5.10 Å². The predicted molar refractivity (Wildman–Crippen MR) is 74.7 cm³/mol. The lowest BCUT2D eigenvalue weighted by molar-refractivity contribution is 0.199. The van der Waals surface area contributed by atoms with Crippen LogP contribution in [0.3, 0.4) is 0 Å². The molecule has 1 saturated heterocycles. The molecule has 0 saturated carbocycles. The highest BCUT2D eigenvalue weighted by atomic mass is 15.3. The third kappa shape index (κ3) is 2.13. The summed E-state index contributed by atoms with van der Waals surface area (Å²) in [5, 5.41) is 4.64. The van der Waals surface area contributed by atoms with Crippen molar-refractivity contribution in [3.63, 3.8) is 0 Å². The number of likely N-dealkylation sites (tertiary alicyclic amines) is 1.